The summed E-state index contributed by atoms with van der Waals surface area (Å²) in [6.07, 6.45) is 0. The van der Waals surface area contributed by atoms with Gasteiger partial charge in [-0.15, -0.1) is 0 Å². The molecular weight excluding hydrogens is 277 g/mol. The van der Waals surface area contributed by atoms with E-state index >= 15 is 0 Å². The zero-order valence-electron chi connectivity index (χ0n) is 11.0. The minimum absolute atomic E-state index is 0.114. The van der Waals surface area contributed by atoms with E-state index in [2.05, 4.69) is 0 Å². The van der Waals surface area contributed by atoms with Crippen LogP contribution in [0.1, 0.15) is 18.4 Å². The molecule has 0 saturated heterocycles. The van der Waals surface area contributed by atoms with Crippen molar-refractivity contribution in [3.63, 3.8) is 0 Å². The molecule has 0 aliphatic carbocycles. The summed E-state index contributed by atoms with van der Waals surface area (Å²) in [7, 11) is -3.64. The predicted molar refractivity (Wildman–Crippen MR) is 75.8 cm³/mol. The van der Waals surface area contributed by atoms with Crippen molar-refractivity contribution < 1.29 is 12.8 Å². The fourth-order valence-corrected chi connectivity index (χ4v) is 4.12. The van der Waals surface area contributed by atoms with Crippen LogP contribution in [0.2, 0.25) is 0 Å². The third-order valence-corrected chi connectivity index (χ3v) is 5.37. The standard InChI is InChI=1S/C15H14FNO2S/c1-11-10-17(15-5-3-2-4-14(11)15)20(18,19)13-8-6-12(16)7-9-13/h2-9,11H,10H2,1H3. The summed E-state index contributed by atoms with van der Waals surface area (Å²) in [5.41, 5.74) is 1.74. The van der Waals surface area contributed by atoms with Crippen LogP contribution in [0.5, 0.6) is 0 Å². The van der Waals surface area contributed by atoms with Gasteiger partial charge in [-0.1, -0.05) is 25.1 Å². The summed E-state index contributed by atoms with van der Waals surface area (Å²) in [6, 6.07) is 12.4. The van der Waals surface area contributed by atoms with Crippen LogP contribution in [0.4, 0.5) is 10.1 Å². The Morgan fingerprint density at radius 1 is 1.10 bits per heavy atom. The Morgan fingerprint density at radius 3 is 2.45 bits per heavy atom. The number of anilines is 1. The van der Waals surface area contributed by atoms with E-state index < -0.39 is 15.8 Å². The monoisotopic (exact) mass is 291 g/mol. The topological polar surface area (TPSA) is 37.4 Å². The first-order valence-electron chi connectivity index (χ1n) is 6.37. The number of nitrogens with zero attached hydrogens (tertiary/aromatic N) is 1. The van der Waals surface area contributed by atoms with Gasteiger partial charge in [0.15, 0.2) is 0 Å². The van der Waals surface area contributed by atoms with Crippen molar-refractivity contribution in [3.8, 4) is 0 Å². The highest BCUT2D eigenvalue weighted by Crippen LogP contribution is 2.38. The van der Waals surface area contributed by atoms with Crippen molar-refractivity contribution in [3.05, 3.63) is 59.9 Å². The quantitative estimate of drug-likeness (QED) is 0.852. The van der Waals surface area contributed by atoms with Crippen LogP contribution in [0.25, 0.3) is 0 Å². The predicted octanol–water partition coefficient (Wildman–Crippen LogP) is 3.14. The van der Waals surface area contributed by atoms with E-state index in [0.29, 0.717) is 12.2 Å². The lowest BCUT2D eigenvalue weighted by molar-refractivity contribution is 0.589. The minimum Gasteiger partial charge on any atom is -0.265 e. The third kappa shape index (κ3) is 1.98. The number of halogens is 1. The second-order valence-corrected chi connectivity index (χ2v) is 6.81. The molecule has 0 amide bonds. The molecule has 1 aliphatic heterocycles. The molecule has 1 aliphatic rings. The van der Waals surface area contributed by atoms with E-state index in [4.69, 9.17) is 0 Å². The summed E-state index contributed by atoms with van der Waals surface area (Å²) >= 11 is 0. The summed E-state index contributed by atoms with van der Waals surface area (Å²) in [5.74, 6) is -0.291. The van der Waals surface area contributed by atoms with E-state index in [1.807, 2.05) is 25.1 Å². The molecule has 0 saturated carbocycles. The molecular formula is C15H14FNO2S. The van der Waals surface area contributed by atoms with Crippen LogP contribution >= 0.6 is 0 Å². The van der Waals surface area contributed by atoms with Crippen molar-refractivity contribution in [2.75, 3.05) is 10.8 Å². The molecule has 0 fully saturated rings. The maximum atomic E-state index is 12.9. The SMILES string of the molecule is CC1CN(S(=O)(=O)c2ccc(F)cc2)c2ccccc21. The fraction of sp³-hybridized carbons (Fsp3) is 0.200. The van der Waals surface area contributed by atoms with E-state index in [1.54, 1.807) is 6.07 Å². The first-order chi connectivity index (χ1) is 9.50. The third-order valence-electron chi connectivity index (χ3n) is 3.58. The Hall–Kier alpha value is -1.88. The maximum absolute atomic E-state index is 12.9. The number of sulfonamides is 1. The first-order valence-corrected chi connectivity index (χ1v) is 7.81. The maximum Gasteiger partial charge on any atom is 0.264 e. The van der Waals surface area contributed by atoms with Gasteiger partial charge in [0.2, 0.25) is 0 Å². The molecule has 3 rings (SSSR count). The number of rotatable bonds is 2. The van der Waals surface area contributed by atoms with Gasteiger partial charge in [-0.2, -0.15) is 0 Å². The van der Waals surface area contributed by atoms with Crippen molar-refractivity contribution in [1.82, 2.24) is 0 Å². The lowest BCUT2D eigenvalue weighted by Gasteiger charge is -2.19. The van der Waals surface area contributed by atoms with Crippen molar-refractivity contribution in [1.29, 1.82) is 0 Å². The van der Waals surface area contributed by atoms with Crippen molar-refractivity contribution >= 4 is 15.7 Å². The molecule has 0 spiro atoms. The molecule has 0 N–H and O–H groups in total. The number of hydrogen-bond donors (Lipinski definition) is 0. The fourth-order valence-electron chi connectivity index (χ4n) is 2.54. The Balaban J connectivity index is 2.08. The Kier molecular flexibility index (Phi) is 3.01. The number of benzene rings is 2. The van der Waals surface area contributed by atoms with E-state index in [-0.39, 0.29) is 10.8 Å². The van der Waals surface area contributed by atoms with Crippen LogP contribution in [0, 0.1) is 5.82 Å². The van der Waals surface area contributed by atoms with Crippen molar-refractivity contribution in [2.24, 2.45) is 0 Å². The minimum atomic E-state index is -3.64. The first kappa shape index (κ1) is 13.1. The molecule has 0 bridgehead atoms. The normalized spacial score (nSPS) is 18.1. The lowest BCUT2D eigenvalue weighted by atomic mass is 10.0. The molecule has 0 radical (unpaired) electrons. The van der Waals surface area contributed by atoms with Gasteiger partial charge >= 0.3 is 0 Å². The summed E-state index contributed by atoms with van der Waals surface area (Å²) in [6.45, 7) is 2.41. The molecule has 2 aromatic rings. The lowest BCUT2D eigenvalue weighted by Crippen LogP contribution is -2.29. The molecule has 1 atom stereocenters. The van der Waals surface area contributed by atoms with Crippen molar-refractivity contribution in [2.45, 2.75) is 17.7 Å². The van der Waals surface area contributed by atoms with Crippen LogP contribution in [-0.4, -0.2) is 15.0 Å². The average molecular weight is 291 g/mol. The summed E-state index contributed by atoms with van der Waals surface area (Å²) in [5, 5.41) is 0. The van der Waals surface area contributed by atoms with Crippen LogP contribution < -0.4 is 4.31 Å². The van der Waals surface area contributed by atoms with Gasteiger partial charge in [-0.3, -0.25) is 4.31 Å². The van der Waals surface area contributed by atoms with Gasteiger partial charge < -0.3 is 0 Å². The highest BCUT2D eigenvalue weighted by atomic mass is 32.2. The average Bonchev–Trinajstić information content (AvgIpc) is 2.78. The number of fused-ring (bicyclic) bond motifs is 1. The Labute approximate surface area is 117 Å². The zero-order valence-corrected chi connectivity index (χ0v) is 11.8. The van der Waals surface area contributed by atoms with Gasteiger partial charge in [0, 0.05) is 12.5 Å². The van der Waals surface area contributed by atoms with E-state index in [1.165, 1.54) is 16.4 Å². The largest absolute Gasteiger partial charge is 0.265 e. The Bertz CT molecular complexity index is 741. The van der Waals surface area contributed by atoms with E-state index in [0.717, 1.165) is 17.7 Å². The Morgan fingerprint density at radius 2 is 1.75 bits per heavy atom. The molecule has 3 nitrogen and oxygen atoms in total. The molecule has 5 heteroatoms. The second-order valence-electron chi connectivity index (χ2n) is 4.95. The summed E-state index contributed by atoms with van der Waals surface area (Å²) < 4.78 is 39.7. The molecule has 1 unspecified atom stereocenters. The molecule has 2 aromatic carbocycles. The van der Waals surface area contributed by atoms with Gasteiger partial charge in [0.1, 0.15) is 5.82 Å². The molecule has 1 heterocycles. The van der Waals surface area contributed by atoms with Gasteiger partial charge in [0.05, 0.1) is 10.6 Å². The van der Waals surface area contributed by atoms with Crippen LogP contribution in [0.15, 0.2) is 53.4 Å². The second kappa shape index (κ2) is 4.59. The zero-order chi connectivity index (χ0) is 14.3. The molecule has 0 aromatic heterocycles. The molecule has 20 heavy (non-hydrogen) atoms. The van der Waals surface area contributed by atoms with E-state index in [9.17, 15) is 12.8 Å². The number of para-hydroxylation sites is 1. The number of hydrogen-bond acceptors (Lipinski definition) is 2. The summed E-state index contributed by atoms with van der Waals surface area (Å²) in [4.78, 5) is 0.114. The van der Waals surface area contributed by atoms with Gasteiger partial charge in [0.25, 0.3) is 10.0 Å². The van der Waals surface area contributed by atoms with Crippen LogP contribution in [0.3, 0.4) is 0 Å². The highest BCUT2D eigenvalue weighted by Gasteiger charge is 2.34. The highest BCUT2D eigenvalue weighted by molar-refractivity contribution is 7.92. The molecule has 104 valence electrons. The van der Waals surface area contributed by atoms with Gasteiger partial charge in [-0.25, -0.2) is 12.8 Å². The van der Waals surface area contributed by atoms with Crippen LogP contribution in [-0.2, 0) is 10.0 Å². The van der Waals surface area contributed by atoms with Gasteiger partial charge in [-0.05, 0) is 35.9 Å². The smallest absolute Gasteiger partial charge is 0.264 e.